The number of quaternary nitrogens is 2. The van der Waals surface area contributed by atoms with Crippen LogP contribution in [0.1, 0.15) is 62.3 Å². The van der Waals surface area contributed by atoms with Gasteiger partial charge in [-0.15, -0.1) is 0 Å². The number of aliphatic imine (C=N–C) groups is 1. The lowest BCUT2D eigenvalue weighted by Gasteiger charge is -2.37. The summed E-state index contributed by atoms with van der Waals surface area (Å²) < 4.78 is 49.1. The van der Waals surface area contributed by atoms with E-state index in [1.54, 1.807) is 30.3 Å². The molecule has 2 saturated heterocycles. The molecule has 3 aliphatic rings. The summed E-state index contributed by atoms with van der Waals surface area (Å²) in [5.41, 5.74) is -0.235. The number of esters is 1. The Morgan fingerprint density at radius 3 is 2.38 bits per heavy atom. The van der Waals surface area contributed by atoms with E-state index >= 15 is 0 Å². The van der Waals surface area contributed by atoms with Crippen molar-refractivity contribution >= 4 is 23.3 Å². The number of hydrogen-bond donors (Lipinski definition) is 3. The van der Waals surface area contributed by atoms with Gasteiger partial charge in [0.25, 0.3) is 0 Å². The largest absolute Gasteiger partial charge is 0.509 e. The summed E-state index contributed by atoms with van der Waals surface area (Å²) in [6, 6.07) is 14.1. The van der Waals surface area contributed by atoms with Crippen molar-refractivity contribution in [2.24, 2.45) is 16.8 Å². The first-order valence-electron chi connectivity index (χ1n) is 18.0. The highest BCUT2D eigenvalue weighted by Crippen LogP contribution is 2.46. The Labute approximate surface area is 306 Å². The molecule has 0 spiro atoms. The van der Waals surface area contributed by atoms with Gasteiger partial charge in [-0.05, 0) is 81.0 Å². The molecule has 1 aliphatic carbocycles. The molecule has 1 saturated carbocycles. The lowest BCUT2D eigenvalue weighted by atomic mass is 9.74. The Morgan fingerprint density at radius 2 is 1.75 bits per heavy atom. The molecule has 6 rings (SSSR count). The number of alkyl halides is 3. The molecule has 2 aromatic carbocycles. The number of carbonyl (C=O) groups is 2. The van der Waals surface area contributed by atoms with Gasteiger partial charge in [0, 0.05) is 31.5 Å². The van der Waals surface area contributed by atoms with Gasteiger partial charge in [-0.1, -0.05) is 6.07 Å². The summed E-state index contributed by atoms with van der Waals surface area (Å²) in [5, 5.41) is 30.2. The van der Waals surface area contributed by atoms with Crippen molar-refractivity contribution in [3.05, 3.63) is 88.9 Å². The SMILES string of the molecule is CN=C(/C(C(=O)[NH2+]c1cccc(C(F)(F)F)c1)=C(\O)C1N[C@]1(C)C1CCC(C(=O)OC2CC[N+](C)(C)CC2)CC1)c1ccnn1-c1ccc(C#N)cc1. The van der Waals surface area contributed by atoms with Gasteiger partial charge >= 0.3 is 18.1 Å². The van der Waals surface area contributed by atoms with E-state index in [0.29, 0.717) is 42.6 Å². The number of aliphatic hydroxyl groups excluding tert-OH is 1. The topological polar surface area (TPSA) is 156 Å². The van der Waals surface area contributed by atoms with Gasteiger partial charge in [-0.25, -0.2) is 14.8 Å². The second kappa shape index (κ2) is 14.9. The third-order valence-corrected chi connectivity index (χ3v) is 11.2. The Kier molecular flexibility index (Phi) is 10.6. The minimum atomic E-state index is -4.61. The molecule has 1 unspecified atom stereocenters. The number of hydrogen-bond acceptors (Lipinski definition) is 8. The van der Waals surface area contributed by atoms with E-state index in [1.807, 2.05) is 6.92 Å². The lowest BCUT2D eigenvalue weighted by molar-refractivity contribution is -0.896. The van der Waals surface area contributed by atoms with Crippen LogP contribution < -0.4 is 10.6 Å². The second-order valence-electron chi connectivity index (χ2n) is 15.2. The second-order valence-corrected chi connectivity index (χ2v) is 15.2. The number of nitrogens with two attached hydrogens (primary N) is 1. The van der Waals surface area contributed by atoms with Gasteiger partial charge < -0.3 is 14.3 Å². The number of primary amides is 1. The van der Waals surface area contributed by atoms with E-state index in [0.717, 1.165) is 47.9 Å². The molecule has 0 bridgehead atoms. The predicted molar refractivity (Wildman–Crippen MR) is 190 cm³/mol. The molecule has 280 valence electrons. The number of nitriles is 1. The molecule has 1 amide bonds. The Hall–Kier alpha value is -4.84. The summed E-state index contributed by atoms with van der Waals surface area (Å²) in [4.78, 5) is 31.7. The zero-order valence-corrected chi connectivity index (χ0v) is 30.4. The number of nitrogens with zero attached hydrogens (tertiary/aromatic N) is 5. The van der Waals surface area contributed by atoms with Crippen molar-refractivity contribution in [3.8, 4) is 11.8 Å². The van der Waals surface area contributed by atoms with E-state index in [1.165, 1.54) is 30.1 Å². The summed E-state index contributed by atoms with van der Waals surface area (Å²) in [5.74, 6) is -1.28. The molecule has 53 heavy (non-hydrogen) atoms. The van der Waals surface area contributed by atoms with E-state index in [9.17, 15) is 33.1 Å². The van der Waals surface area contributed by atoms with Crippen LogP contribution in [0.25, 0.3) is 5.69 Å². The van der Waals surface area contributed by atoms with E-state index < -0.39 is 29.2 Å². The van der Waals surface area contributed by atoms with E-state index in [-0.39, 0.29) is 46.6 Å². The van der Waals surface area contributed by atoms with Crippen LogP contribution in [0.5, 0.6) is 0 Å². The number of nitrogens with one attached hydrogen (secondary N) is 1. The van der Waals surface area contributed by atoms with Crippen LogP contribution in [0.2, 0.25) is 0 Å². The molecule has 0 radical (unpaired) electrons. The summed E-state index contributed by atoms with van der Waals surface area (Å²) in [6.45, 7) is 3.91. The Morgan fingerprint density at radius 1 is 1.08 bits per heavy atom. The van der Waals surface area contributed by atoms with Crippen molar-refractivity contribution in [2.75, 3.05) is 34.2 Å². The van der Waals surface area contributed by atoms with Crippen LogP contribution >= 0.6 is 0 Å². The minimum Gasteiger partial charge on any atom is -0.509 e. The minimum absolute atomic E-state index is 0.0129. The Balaban J connectivity index is 1.25. The summed E-state index contributed by atoms with van der Waals surface area (Å²) >= 11 is 0. The van der Waals surface area contributed by atoms with Crippen LogP contribution in [0, 0.1) is 23.2 Å². The number of rotatable bonds is 9. The number of piperidine rings is 1. The molecule has 2 aliphatic heterocycles. The first-order chi connectivity index (χ1) is 25.1. The van der Waals surface area contributed by atoms with Crippen LogP contribution in [0.4, 0.5) is 18.9 Å². The summed E-state index contributed by atoms with van der Waals surface area (Å²) in [7, 11) is 5.83. The highest BCUT2D eigenvalue weighted by Gasteiger charge is 2.58. The average Bonchev–Trinajstić information content (AvgIpc) is 3.60. The van der Waals surface area contributed by atoms with Gasteiger partial charge in [0.05, 0.1) is 73.9 Å². The number of aliphatic hydroxyl groups is 1. The van der Waals surface area contributed by atoms with Crippen LogP contribution in [-0.2, 0) is 20.5 Å². The fourth-order valence-corrected chi connectivity index (χ4v) is 7.78. The van der Waals surface area contributed by atoms with Crippen molar-refractivity contribution in [3.63, 3.8) is 0 Å². The third kappa shape index (κ3) is 8.22. The fourth-order valence-electron chi connectivity index (χ4n) is 7.78. The normalized spacial score (nSPS) is 25.2. The standard InChI is InChI=1S/C39H44F3N7O4/c1-38(26-12-10-25(11-13-26)37(52)53-30-17-20-49(3,4)21-18-30)35(47-38)34(50)32(36(51)46-28-7-5-6-27(22-28)39(40,41)42)33(44-2)31-16-19-45-48(31)29-14-8-24(23-43)9-15-29/h5-9,14-16,19,22,25-26,30,35,47H,10-13,17-18,20-21H2,1-4H3,(H-,44,46,50,51)/p+2/t25?,26?,35?,38-/m1/s1. The number of likely N-dealkylation sites (tertiary alicyclic amines) is 1. The number of amides is 1. The molecule has 3 heterocycles. The van der Waals surface area contributed by atoms with Crippen molar-refractivity contribution in [1.82, 2.24) is 15.1 Å². The number of halogens is 3. The molecule has 3 aromatic rings. The first-order valence-corrected chi connectivity index (χ1v) is 18.0. The van der Waals surface area contributed by atoms with Crippen molar-refractivity contribution in [1.29, 1.82) is 5.26 Å². The number of benzene rings is 2. The van der Waals surface area contributed by atoms with Gasteiger partial charge in [-0.2, -0.15) is 23.5 Å². The maximum Gasteiger partial charge on any atom is 0.416 e. The van der Waals surface area contributed by atoms with Crippen molar-refractivity contribution in [2.45, 2.75) is 69.3 Å². The van der Waals surface area contributed by atoms with Crippen LogP contribution in [0.15, 0.2) is 77.1 Å². The summed E-state index contributed by atoms with van der Waals surface area (Å²) in [6.07, 6.45) is 1.26. The molecule has 4 N–H and O–H groups in total. The van der Waals surface area contributed by atoms with Gasteiger partial charge in [0.1, 0.15) is 28.8 Å². The van der Waals surface area contributed by atoms with E-state index in [2.05, 4.69) is 35.6 Å². The number of aromatic nitrogens is 2. The van der Waals surface area contributed by atoms with Crippen LogP contribution in [0.3, 0.4) is 0 Å². The van der Waals surface area contributed by atoms with Gasteiger partial charge in [-0.3, -0.25) is 15.1 Å². The van der Waals surface area contributed by atoms with E-state index in [4.69, 9.17) is 4.74 Å². The predicted octanol–water partition coefficient (Wildman–Crippen LogP) is 4.73. The number of ether oxygens (including phenoxy) is 1. The third-order valence-electron chi connectivity index (χ3n) is 11.2. The number of carbonyl (C=O) groups excluding carboxylic acids is 2. The monoisotopic (exact) mass is 733 g/mol. The Bertz CT molecular complexity index is 1950. The lowest BCUT2D eigenvalue weighted by Crippen LogP contribution is -2.83. The quantitative estimate of drug-likeness (QED) is 0.0546. The molecule has 3 fully saturated rings. The zero-order chi connectivity index (χ0) is 38.1. The highest BCUT2D eigenvalue weighted by atomic mass is 19.4. The molecular weight excluding hydrogens is 687 g/mol. The highest BCUT2D eigenvalue weighted by molar-refractivity contribution is 6.26. The van der Waals surface area contributed by atoms with Gasteiger partial charge in [0.15, 0.2) is 0 Å². The first kappa shape index (κ1) is 37.9. The maximum absolute atomic E-state index is 14.2. The maximum atomic E-state index is 14.2. The average molecular weight is 734 g/mol. The fraction of sp³-hybridized carbons (Fsp3) is 0.462. The van der Waals surface area contributed by atoms with Crippen LogP contribution in [-0.4, -0.2) is 88.9 Å². The molecule has 1 aromatic heterocycles. The molecule has 14 heteroatoms. The smallest absolute Gasteiger partial charge is 0.416 e. The molecular formula is C39H46F3N7O4+2. The zero-order valence-electron chi connectivity index (χ0n) is 30.4. The molecule has 11 nitrogen and oxygen atoms in total. The van der Waals surface area contributed by atoms with Gasteiger partial charge in [0.2, 0.25) is 0 Å². The van der Waals surface area contributed by atoms with Crippen molar-refractivity contribution < 1.29 is 42.4 Å². The molecule has 2 atom stereocenters.